The third-order valence-electron chi connectivity index (χ3n) is 2.46. The zero-order chi connectivity index (χ0) is 13.1. The van der Waals surface area contributed by atoms with Crippen LogP contribution in [0.1, 0.15) is 31.2 Å². The molecule has 0 saturated heterocycles. The highest BCUT2D eigenvalue weighted by Gasteiger charge is 2.08. The molecule has 0 radical (unpaired) electrons. The Morgan fingerprint density at radius 1 is 1.39 bits per heavy atom. The van der Waals surface area contributed by atoms with E-state index in [1.807, 2.05) is 18.2 Å². The third kappa shape index (κ3) is 3.01. The summed E-state index contributed by atoms with van der Waals surface area (Å²) in [5.41, 5.74) is 6.57. The molecule has 1 heterocycles. The van der Waals surface area contributed by atoms with Gasteiger partial charge in [-0.2, -0.15) is 0 Å². The van der Waals surface area contributed by atoms with Crippen molar-refractivity contribution in [2.24, 2.45) is 0 Å². The van der Waals surface area contributed by atoms with Crippen molar-refractivity contribution in [2.45, 2.75) is 26.4 Å². The van der Waals surface area contributed by atoms with Gasteiger partial charge in [0.15, 0.2) is 6.61 Å². The van der Waals surface area contributed by atoms with Crippen molar-refractivity contribution in [2.75, 3.05) is 5.73 Å². The van der Waals surface area contributed by atoms with Crippen LogP contribution < -0.4 is 10.5 Å². The van der Waals surface area contributed by atoms with Crippen molar-refractivity contribution in [3.63, 3.8) is 0 Å². The molecule has 0 aliphatic carbocycles. The Morgan fingerprint density at radius 2 is 2.17 bits per heavy atom. The first-order chi connectivity index (χ1) is 8.56. The second kappa shape index (κ2) is 5.39. The Hall–Kier alpha value is -1.56. The number of nitrogen functional groups attached to an aromatic ring is 1. The van der Waals surface area contributed by atoms with E-state index >= 15 is 0 Å². The van der Waals surface area contributed by atoms with Crippen LogP contribution in [0.15, 0.2) is 27.1 Å². The molecule has 0 aliphatic heterocycles. The van der Waals surface area contributed by atoms with Crippen molar-refractivity contribution >= 4 is 21.9 Å². The fraction of sp³-hybridized carbons (Fsp3) is 0.333. The molecule has 0 unspecified atom stereocenters. The van der Waals surface area contributed by atoms with Gasteiger partial charge in [0.25, 0.3) is 5.89 Å². The molecule has 2 N–H and O–H groups in total. The molecular weight excluding hydrogens is 298 g/mol. The molecule has 0 aliphatic rings. The van der Waals surface area contributed by atoms with E-state index in [1.165, 1.54) is 5.56 Å². The van der Waals surface area contributed by atoms with Gasteiger partial charge < -0.3 is 14.9 Å². The summed E-state index contributed by atoms with van der Waals surface area (Å²) in [4.78, 5) is 0. The van der Waals surface area contributed by atoms with Crippen LogP contribution in [-0.4, -0.2) is 10.2 Å². The van der Waals surface area contributed by atoms with Crippen LogP contribution in [0.2, 0.25) is 0 Å². The van der Waals surface area contributed by atoms with Crippen molar-refractivity contribution in [1.82, 2.24) is 10.2 Å². The van der Waals surface area contributed by atoms with Gasteiger partial charge in [-0.3, -0.25) is 0 Å². The van der Waals surface area contributed by atoms with Crippen molar-refractivity contribution in [3.8, 4) is 5.75 Å². The van der Waals surface area contributed by atoms with Crippen LogP contribution in [0, 0.1) is 0 Å². The lowest BCUT2D eigenvalue weighted by Crippen LogP contribution is -1.97. The normalized spacial score (nSPS) is 10.9. The largest absolute Gasteiger partial charge is 0.483 e. The van der Waals surface area contributed by atoms with Gasteiger partial charge in [-0.05, 0) is 39.5 Å². The molecule has 0 fully saturated rings. The molecule has 0 bridgehead atoms. The van der Waals surface area contributed by atoms with Gasteiger partial charge in [-0.25, -0.2) is 0 Å². The van der Waals surface area contributed by atoms with Crippen LogP contribution >= 0.6 is 15.9 Å². The second-order valence-electron chi connectivity index (χ2n) is 4.17. The molecule has 5 nitrogen and oxygen atoms in total. The molecule has 6 heteroatoms. The number of rotatable bonds is 4. The summed E-state index contributed by atoms with van der Waals surface area (Å²) in [5.74, 6) is 1.56. The number of benzene rings is 1. The molecule has 2 aromatic rings. The smallest absolute Gasteiger partial charge is 0.312 e. The van der Waals surface area contributed by atoms with E-state index in [2.05, 4.69) is 40.0 Å². The van der Waals surface area contributed by atoms with Crippen molar-refractivity contribution in [1.29, 1.82) is 0 Å². The molecule has 0 atom stereocenters. The summed E-state index contributed by atoms with van der Waals surface area (Å²) in [5, 5.41) is 7.28. The second-order valence-corrected chi connectivity index (χ2v) is 5.02. The quantitative estimate of drug-likeness (QED) is 0.939. The van der Waals surface area contributed by atoms with E-state index in [-0.39, 0.29) is 12.6 Å². The summed E-state index contributed by atoms with van der Waals surface area (Å²) in [6, 6.07) is 6.04. The lowest BCUT2D eigenvalue weighted by atomic mass is 10.0. The summed E-state index contributed by atoms with van der Waals surface area (Å²) in [6.45, 7) is 4.48. The topological polar surface area (TPSA) is 74.2 Å². The highest BCUT2D eigenvalue weighted by Crippen LogP contribution is 2.29. The van der Waals surface area contributed by atoms with E-state index in [1.54, 1.807) is 0 Å². The van der Waals surface area contributed by atoms with Crippen LogP contribution in [-0.2, 0) is 6.61 Å². The maximum absolute atomic E-state index is 5.57. The number of anilines is 1. The van der Waals surface area contributed by atoms with Gasteiger partial charge in [0.1, 0.15) is 5.75 Å². The number of hydrogen-bond acceptors (Lipinski definition) is 5. The molecule has 0 amide bonds. The fourth-order valence-corrected chi connectivity index (χ4v) is 1.97. The zero-order valence-corrected chi connectivity index (χ0v) is 11.8. The van der Waals surface area contributed by atoms with Crippen LogP contribution in [0.5, 0.6) is 5.75 Å². The molecular formula is C12H14BrN3O2. The Kier molecular flexibility index (Phi) is 3.86. The lowest BCUT2D eigenvalue weighted by Gasteiger charge is -2.10. The van der Waals surface area contributed by atoms with Gasteiger partial charge in [-0.15, -0.1) is 5.10 Å². The first kappa shape index (κ1) is 12.9. The highest BCUT2D eigenvalue weighted by molar-refractivity contribution is 9.10. The molecule has 2 rings (SSSR count). The minimum absolute atomic E-state index is 0.0443. The van der Waals surface area contributed by atoms with E-state index in [9.17, 15) is 0 Å². The summed E-state index contributed by atoms with van der Waals surface area (Å²) < 4.78 is 11.5. The molecule has 96 valence electrons. The Morgan fingerprint density at radius 3 is 2.72 bits per heavy atom. The minimum Gasteiger partial charge on any atom is -0.483 e. The lowest BCUT2D eigenvalue weighted by molar-refractivity contribution is 0.263. The number of nitrogens with zero attached hydrogens (tertiary/aromatic N) is 2. The number of ether oxygens (including phenoxy) is 1. The van der Waals surface area contributed by atoms with Crippen LogP contribution in [0.4, 0.5) is 6.01 Å². The monoisotopic (exact) mass is 311 g/mol. The van der Waals surface area contributed by atoms with Gasteiger partial charge in [0, 0.05) is 0 Å². The standard InChI is InChI=1S/C12H14BrN3O2/c1-7(2)8-3-4-10(9(13)5-8)17-6-11-15-16-12(14)18-11/h3-5,7H,6H2,1-2H3,(H2,14,16). The summed E-state index contributed by atoms with van der Waals surface area (Å²) >= 11 is 3.48. The fourth-order valence-electron chi connectivity index (χ4n) is 1.46. The van der Waals surface area contributed by atoms with Crippen molar-refractivity contribution in [3.05, 3.63) is 34.1 Å². The number of aromatic nitrogens is 2. The SMILES string of the molecule is CC(C)c1ccc(OCc2nnc(N)o2)c(Br)c1. The zero-order valence-electron chi connectivity index (χ0n) is 10.2. The van der Waals surface area contributed by atoms with Crippen LogP contribution in [0.25, 0.3) is 0 Å². The predicted octanol–water partition coefficient (Wildman–Crippen LogP) is 3.12. The molecule has 0 saturated carbocycles. The molecule has 18 heavy (non-hydrogen) atoms. The van der Waals surface area contributed by atoms with E-state index in [0.29, 0.717) is 11.8 Å². The molecule has 1 aromatic carbocycles. The minimum atomic E-state index is 0.0443. The maximum atomic E-state index is 5.57. The van der Waals surface area contributed by atoms with Gasteiger partial charge >= 0.3 is 6.01 Å². The Balaban J connectivity index is 2.05. The van der Waals surface area contributed by atoms with E-state index in [4.69, 9.17) is 14.9 Å². The number of hydrogen-bond donors (Lipinski definition) is 1. The van der Waals surface area contributed by atoms with E-state index < -0.39 is 0 Å². The summed E-state index contributed by atoms with van der Waals surface area (Å²) in [6.07, 6.45) is 0. The molecule has 1 aromatic heterocycles. The number of halogens is 1. The predicted molar refractivity (Wildman–Crippen MR) is 71.3 cm³/mol. The number of nitrogens with two attached hydrogens (primary N) is 1. The first-order valence-corrected chi connectivity index (χ1v) is 6.35. The van der Waals surface area contributed by atoms with Gasteiger partial charge in [0.05, 0.1) is 4.47 Å². The average molecular weight is 312 g/mol. The Bertz CT molecular complexity index is 540. The van der Waals surface area contributed by atoms with E-state index in [0.717, 1.165) is 10.2 Å². The highest BCUT2D eigenvalue weighted by atomic mass is 79.9. The first-order valence-electron chi connectivity index (χ1n) is 5.56. The summed E-state index contributed by atoms with van der Waals surface area (Å²) in [7, 11) is 0. The van der Waals surface area contributed by atoms with Crippen LogP contribution in [0.3, 0.4) is 0 Å². The van der Waals surface area contributed by atoms with Crippen molar-refractivity contribution < 1.29 is 9.15 Å². The third-order valence-corrected chi connectivity index (χ3v) is 3.08. The molecule has 0 spiro atoms. The van der Waals surface area contributed by atoms with Gasteiger partial charge in [0.2, 0.25) is 0 Å². The Labute approximate surface area is 113 Å². The van der Waals surface area contributed by atoms with Gasteiger partial charge in [-0.1, -0.05) is 25.0 Å². The average Bonchev–Trinajstić information content (AvgIpc) is 2.73. The maximum Gasteiger partial charge on any atom is 0.312 e.